The first-order valence-electron chi connectivity index (χ1n) is 5.32. The van der Waals surface area contributed by atoms with Gasteiger partial charge in [0.25, 0.3) is 0 Å². The number of amides is 1. The van der Waals surface area contributed by atoms with Crippen molar-refractivity contribution in [2.75, 3.05) is 33.4 Å². The fourth-order valence-electron chi connectivity index (χ4n) is 2.58. The normalized spacial score (nSPS) is 31.6. The Kier molecular flexibility index (Phi) is 3.03. The monoisotopic (exact) mass is 198 g/mol. The quantitative estimate of drug-likeness (QED) is 0.670. The van der Waals surface area contributed by atoms with E-state index in [1.807, 2.05) is 4.90 Å². The first-order chi connectivity index (χ1) is 6.83. The lowest BCUT2D eigenvalue weighted by Crippen LogP contribution is -2.49. The summed E-state index contributed by atoms with van der Waals surface area (Å²) in [6.45, 7) is 3.16. The molecule has 1 N–H and O–H groups in total. The molecule has 2 aliphatic rings. The van der Waals surface area contributed by atoms with Crippen LogP contribution in [-0.4, -0.2) is 50.2 Å². The Morgan fingerprint density at radius 2 is 2.43 bits per heavy atom. The predicted molar refractivity (Wildman–Crippen MR) is 53.0 cm³/mol. The molecule has 0 radical (unpaired) electrons. The van der Waals surface area contributed by atoms with E-state index in [0.717, 1.165) is 26.1 Å². The summed E-state index contributed by atoms with van der Waals surface area (Å²) in [5, 5.41) is 3.36. The number of piperidine rings is 1. The Balaban J connectivity index is 1.99. The van der Waals surface area contributed by atoms with Crippen LogP contribution < -0.4 is 5.32 Å². The summed E-state index contributed by atoms with van der Waals surface area (Å²) < 4.78 is 4.89. The van der Waals surface area contributed by atoms with Gasteiger partial charge in [0, 0.05) is 32.8 Å². The van der Waals surface area contributed by atoms with Gasteiger partial charge in [-0.3, -0.25) is 4.79 Å². The molecule has 2 rings (SSSR count). The molecule has 4 heteroatoms. The Labute approximate surface area is 84.6 Å². The standard InChI is InChI=1S/C10H18N2O2/c1-14-7-10(13)12-4-2-3-8-5-11-6-9(8)12/h8-9,11H,2-7H2,1H3. The first-order valence-corrected chi connectivity index (χ1v) is 5.32. The van der Waals surface area contributed by atoms with Crippen molar-refractivity contribution < 1.29 is 9.53 Å². The molecule has 2 aliphatic heterocycles. The van der Waals surface area contributed by atoms with Crippen LogP contribution in [0.1, 0.15) is 12.8 Å². The van der Waals surface area contributed by atoms with Gasteiger partial charge in [-0.25, -0.2) is 0 Å². The second kappa shape index (κ2) is 4.28. The maximum atomic E-state index is 11.7. The van der Waals surface area contributed by atoms with E-state index >= 15 is 0 Å². The molecule has 2 fully saturated rings. The number of hydrogen-bond donors (Lipinski definition) is 1. The van der Waals surface area contributed by atoms with E-state index in [2.05, 4.69) is 5.32 Å². The Bertz CT molecular complexity index is 220. The van der Waals surface area contributed by atoms with Crippen LogP contribution in [0.2, 0.25) is 0 Å². The van der Waals surface area contributed by atoms with Gasteiger partial charge < -0.3 is 15.0 Å². The van der Waals surface area contributed by atoms with E-state index in [4.69, 9.17) is 4.74 Å². The number of nitrogens with one attached hydrogen (secondary N) is 1. The van der Waals surface area contributed by atoms with Crippen molar-refractivity contribution in [2.24, 2.45) is 5.92 Å². The van der Waals surface area contributed by atoms with Gasteiger partial charge in [0.2, 0.25) is 5.91 Å². The molecule has 0 aromatic carbocycles. The van der Waals surface area contributed by atoms with Crippen molar-refractivity contribution >= 4 is 5.91 Å². The molecular formula is C10H18N2O2. The summed E-state index contributed by atoms with van der Waals surface area (Å²) in [6.07, 6.45) is 2.40. The van der Waals surface area contributed by atoms with Crippen LogP contribution in [0.5, 0.6) is 0 Å². The van der Waals surface area contributed by atoms with E-state index < -0.39 is 0 Å². The first kappa shape index (κ1) is 9.93. The minimum absolute atomic E-state index is 0.144. The van der Waals surface area contributed by atoms with Crippen molar-refractivity contribution in [2.45, 2.75) is 18.9 Å². The third kappa shape index (κ3) is 1.77. The molecule has 0 spiro atoms. The number of nitrogens with zero attached hydrogens (tertiary/aromatic N) is 1. The zero-order valence-electron chi connectivity index (χ0n) is 8.66. The van der Waals surface area contributed by atoms with Gasteiger partial charge in [-0.1, -0.05) is 0 Å². The Morgan fingerprint density at radius 3 is 3.21 bits per heavy atom. The summed E-state index contributed by atoms with van der Waals surface area (Å²) >= 11 is 0. The smallest absolute Gasteiger partial charge is 0.248 e. The summed E-state index contributed by atoms with van der Waals surface area (Å²) in [7, 11) is 1.58. The predicted octanol–water partition coefficient (Wildman–Crippen LogP) is -0.157. The molecule has 80 valence electrons. The lowest BCUT2D eigenvalue weighted by atomic mass is 9.92. The highest BCUT2D eigenvalue weighted by atomic mass is 16.5. The third-order valence-corrected chi connectivity index (χ3v) is 3.27. The summed E-state index contributed by atoms with van der Waals surface area (Å²) in [6, 6.07) is 0.423. The zero-order valence-corrected chi connectivity index (χ0v) is 8.66. The van der Waals surface area contributed by atoms with Gasteiger partial charge in [0.15, 0.2) is 0 Å². The molecule has 0 aromatic rings. The number of likely N-dealkylation sites (tertiary alicyclic amines) is 1. The van der Waals surface area contributed by atoms with Crippen molar-refractivity contribution in [3.8, 4) is 0 Å². The maximum absolute atomic E-state index is 11.7. The molecule has 2 unspecified atom stereocenters. The second-order valence-corrected chi connectivity index (χ2v) is 4.15. The van der Waals surface area contributed by atoms with E-state index in [9.17, 15) is 4.79 Å². The molecule has 4 nitrogen and oxygen atoms in total. The molecule has 0 bridgehead atoms. The van der Waals surface area contributed by atoms with E-state index in [-0.39, 0.29) is 12.5 Å². The minimum atomic E-state index is 0.144. The number of hydrogen-bond acceptors (Lipinski definition) is 3. The Morgan fingerprint density at radius 1 is 1.57 bits per heavy atom. The van der Waals surface area contributed by atoms with Crippen molar-refractivity contribution in [1.29, 1.82) is 0 Å². The van der Waals surface area contributed by atoms with Crippen LogP contribution in [0, 0.1) is 5.92 Å². The van der Waals surface area contributed by atoms with Gasteiger partial charge >= 0.3 is 0 Å². The van der Waals surface area contributed by atoms with Crippen LogP contribution in [0.4, 0.5) is 0 Å². The molecule has 2 atom stereocenters. The molecular weight excluding hydrogens is 180 g/mol. The third-order valence-electron chi connectivity index (χ3n) is 3.27. The summed E-state index contributed by atoms with van der Waals surface area (Å²) in [4.78, 5) is 13.7. The van der Waals surface area contributed by atoms with Crippen LogP contribution >= 0.6 is 0 Å². The fourth-order valence-corrected chi connectivity index (χ4v) is 2.58. The van der Waals surface area contributed by atoms with Crippen molar-refractivity contribution in [3.05, 3.63) is 0 Å². The summed E-state index contributed by atoms with van der Waals surface area (Å²) in [5.74, 6) is 0.815. The van der Waals surface area contributed by atoms with Gasteiger partial charge in [-0.2, -0.15) is 0 Å². The lowest BCUT2D eigenvalue weighted by molar-refractivity contribution is -0.139. The van der Waals surface area contributed by atoms with Gasteiger partial charge in [0.05, 0.1) is 0 Å². The largest absolute Gasteiger partial charge is 0.375 e. The minimum Gasteiger partial charge on any atom is -0.375 e. The molecule has 14 heavy (non-hydrogen) atoms. The van der Waals surface area contributed by atoms with Crippen LogP contribution in [-0.2, 0) is 9.53 Å². The van der Waals surface area contributed by atoms with Crippen LogP contribution in [0.3, 0.4) is 0 Å². The highest BCUT2D eigenvalue weighted by molar-refractivity contribution is 5.78. The summed E-state index contributed by atoms with van der Waals surface area (Å²) in [5.41, 5.74) is 0. The van der Waals surface area contributed by atoms with Gasteiger partial charge in [-0.15, -0.1) is 0 Å². The lowest BCUT2D eigenvalue weighted by Gasteiger charge is -2.36. The number of methoxy groups -OCH3 is 1. The van der Waals surface area contributed by atoms with Crippen molar-refractivity contribution in [1.82, 2.24) is 10.2 Å². The number of carbonyl (C=O) groups is 1. The van der Waals surface area contributed by atoms with Crippen LogP contribution in [0.25, 0.3) is 0 Å². The fraction of sp³-hybridized carbons (Fsp3) is 0.900. The second-order valence-electron chi connectivity index (χ2n) is 4.15. The van der Waals surface area contributed by atoms with E-state index in [1.54, 1.807) is 7.11 Å². The van der Waals surface area contributed by atoms with Gasteiger partial charge in [0.1, 0.15) is 6.61 Å². The molecule has 1 amide bonds. The average Bonchev–Trinajstić information content (AvgIpc) is 2.65. The highest BCUT2D eigenvalue weighted by Crippen LogP contribution is 2.26. The van der Waals surface area contributed by atoms with Gasteiger partial charge in [-0.05, 0) is 18.8 Å². The number of carbonyl (C=O) groups excluding carboxylic acids is 1. The zero-order chi connectivity index (χ0) is 9.97. The molecule has 0 saturated carbocycles. The van der Waals surface area contributed by atoms with Crippen molar-refractivity contribution in [3.63, 3.8) is 0 Å². The number of rotatable bonds is 2. The molecule has 0 aliphatic carbocycles. The topological polar surface area (TPSA) is 41.6 Å². The molecule has 2 heterocycles. The molecule has 2 saturated heterocycles. The van der Waals surface area contributed by atoms with E-state index in [0.29, 0.717) is 12.0 Å². The SMILES string of the molecule is COCC(=O)N1CCCC2CNCC21. The number of fused-ring (bicyclic) bond motifs is 1. The molecule has 0 aromatic heterocycles. The number of ether oxygens (including phenoxy) is 1. The maximum Gasteiger partial charge on any atom is 0.248 e. The highest BCUT2D eigenvalue weighted by Gasteiger charge is 2.36. The van der Waals surface area contributed by atoms with Crippen LogP contribution in [0.15, 0.2) is 0 Å². The average molecular weight is 198 g/mol. The van der Waals surface area contributed by atoms with E-state index in [1.165, 1.54) is 6.42 Å². The Hall–Kier alpha value is -0.610.